The van der Waals surface area contributed by atoms with Crippen molar-refractivity contribution in [2.45, 2.75) is 38.9 Å². The SMILES string of the molecule is CCC[C@@H]1NC(=O)N(Cc2ccc(Cn3cncn3)cc2)C1=O. The van der Waals surface area contributed by atoms with Gasteiger partial charge in [0.1, 0.15) is 18.7 Å². The van der Waals surface area contributed by atoms with Crippen LogP contribution in [0.1, 0.15) is 30.9 Å². The molecule has 1 aromatic carbocycles. The maximum atomic E-state index is 12.2. The maximum absolute atomic E-state index is 12.2. The van der Waals surface area contributed by atoms with E-state index in [2.05, 4.69) is 15.4 Å². The van der Waals surface area contributed by atoms with E-state index in [4.69, 9.17) is 0 Å². The molecule has 23 heavy (non-hydrogen) atoms. The van der Waals surface area contributed by atoms with E-state index in [9.17, 15) is 9.59 Å². The van der Waals surface area contributed by atoms with E-state index in [1.165, 1.54) is 11.2 Å². The van der Waals surface area contributed by atoms with Gasteiger partial charge in [-0.3, -0.25) is 9.69 Å². The largest absolute Gasteiger partial charge is 0.326 e. The van der Waals surface area contributed by atoms with Gasteiger partial charge in [-0.25, -0.2) is 14.5 Å². The van der Waals surface area contributed by atoms with Gasteiger partial charge in [-0.1, -0.05) is 37.6 Å². The summed E-state index contributed by atoms with van der Waals surface area (Å²) in [6.07, 6.45) is 4.70. The van der Waals surface area contributed by atoms with Crippen molar-refractivity contribution in [3.05, 3.63) is 48.0 Å². The van der Waals surface area contributed by atoms with Crippen LogP contribution in [0.25, 0.3) is 0 Å². The number of benzene rings is 1. The fourth-order valence-electron chi connectivity index (χ4n) is 2.65. The monoisotopic (exact) mass is 313 g/mol. The second-order valence-electron chi connectivity index (χ2n) is 5.62. The molecule has 1 aliphatic rings. The highest BCUT2D eigenvalue weighted by Gasteiger charge is 2.36. The molecular weight excluding hydrogens is 294 g/mol. The number of carbonyl (C=O) groups is 2. The molecule has 1 fully saturated rings. The summed E-state index contributed by atoms with van der Waals surface area (Å²) in [6, 6.07) is 7.12. The Morgan fingerprint density at radius 1 is 1.13 bits per heavy atom. The minimum absolute atomic E-state index is 0.136. The first kappa shape index (κ1) is 15.2. The second kappa shape index (κ2) is 6.60. The number of amides is 3. The number of imide groups is 1. The Morgan fingerprint density at radius 2 is 1.83 bits per heavy atom. The molecule has 0 spiro atoms. The molecule has 1 aliphatic heterocycles. The molecule has 2 aromatic rings. The van der Waals surface area contributed by atoms with Crippen LogP contribution in [0.2, 0.25) is 0 Å². The fourth-order valence-corrected chi connectivity index (χ4v) is 2.65. The highest BCUT2D eigenvalue weighted by atomic mass is 16.2. The van der Waals surface area contributed by atoms with Crippen LogP contribution in [0.15, 0.2) is 36.9 Å². The molecule has 2 heterocycles. The van der Waals surface area contributed by atoms with Gasteiger partial charge in [0.05, 0.1) is 13.1 Å². The van der Waals surface area contributed by atoms with Crippen molar-refractivity contribution in [2.75, 3.05) is 0 Å². The Hall–Kier alpha value is -2.70. The molecule has 7 nitrogen and oxygen atoms in total. The lowest BCUT2D eigenvalue weighted by molar-refractivity contribution is -0.128. The van der Waals surface area contributed by atoms with E-state index in [1.807, 2.05) is 31.2 Å². The predicted molar refractivity (Wildman–Crippen MR) is 83.3 cm³/mol. The van der Waals surface area contributed by atoms with Gasteiger partial charge >= 0.3 is 6.03 Å². The molecular formula is C16H19N5O2. The van der Waals surface area contributed by atoms with Crippen LogP contribution in [0.4, 0.5) is 4.79 Å². The van der Waals surface area contributed by atoms with Crippen LogP contribution in [0.3, 0.4) is 0 Å². The Bertz CT molecular complexity index is 681. The lowest BCUT2D eigenvalue weighted by atomic mass is 10.1. The summed E-state index contributed by atoms with van der Waals surface area (Å²) in [5.74, 6) is -0.136. The molecule has 0 aliphatic carbocycles. The standard InChI is InChI=1S/C16H19N5O2/c1-2-3-14-15(22)21(16(23)19-14)9-13-6-4-12(5-7-13)8-20-11-17-10-18-20/h4-7,10-11,14H,2-3,8-9H2,1H3,(H,19,23)/t14-/m0/s1. The predicted octanol–water partition coefficient (Wildman–Crippen LogP) is 1.55. The number of rotatable bonds is 6. The number of nitrogens with one attached hydrogen (secondary N) is 1. The number of aromatic nitrogens is 3. The zero-order valence-corrected chi connectivity index (χ0v) is 13.0. The summed E-state index contributed by atoms with van der Waals surface area (Å²) >= 11 is 0. The van der Waals surface area contributed by atoms with Crippen LogP contribution in [0.5, 0.6) is 0 Å². The van der Waals surface area contributed by atoms with Crippen LogP contribution in [-0.4, -0.2) is 37.6 Å². The molecule has 0 unspecified atom stereocenters. The molecule has 7 heteroatoms. The van der Waals surface area contributed by atoms with Gasteiger partial charge in [-0.05, 0) is 17.5 Å². The van der Waals surface area contributed by atoms with Crippen molar-refractivity contribution in [3.8, 4) is 0 Å². The van der Waals surface area contributed by atoms with Crippen molar-refractivity contribution in [2.24, 2.45) is 0 Å². The van der Waals surface area contributed by atoms with E-state index in [0.29, 0.717) is 19.5 Å². The van der Waals surface area contributed by atoms with E-state index in [-0.39, 0.29) is 18.0 Å². The fraction of sp³-hybridized carbons (Fsp3) is 0.375. The molecule has 0 radical (unpaired) electrons. The van der Waals surface area contributed by atoms with Gasteiger partial charge in [0.2, 0.25) is 0 Å². The second-order valence-corrected chi connectivity index (χ2v) is 5.62. The molecule has 0 bridgehead atoms. The third kappa shape index (κ3) is 3.39. The lowest BCUT2D eigenvalue weighted by Crippen LogP contribution is -2.30. The van der Waals surface area contributed by atoms with Gasteiger partial charge in [-0.15, -0.1) is 0 Å². The first-order valence-electron chi connectivity index (χ1n) is 7.69. The Labute approximate surface area is 134 Å². The van der Waals surface area contributed by atoms with Gasteiger partial charge < -0.3 is 5.32 Å². The van der Waals surface area contributed by atoms with Crippen molar-refractivity contribution in [1.29, 1.82) is 0 Å². The highest BCUT2D eigenvalue weighted by molar-refractivity contribution is 6.04. The zero-order valence-electron chi connectivity index (χ0n) is 13.0. The van der Waals surface area contributed by atoms with Crippen molar-refractivity contribution < 1.29 is 9.59 Å². The van der Waals surface area contributed by atoms with Crippen LogP contribution >= 0.6 is 0 Å². The van der Waals surface area contributed by atoms with Gasteiger partial charge in [0, 0.05) is 0 Å². The van der Waals surface area contributed by atoms with E-state index >= 15 is 0 Å². The average molecular weight is 313 g/mol. The molecule has 1 atom stereocenters. The minimum Gasteiger partial charge on any atom is -0.326 e. The maximum Gasteiger partial charge on any atom is 0.325 e. The topological polar surface area (TPSA) is 80.1 Å². The van der Waals surface area contributed by atoms with Crippen molar-refractivity contribution in [1.82, 2.24) is 25.0 Å². The summed E-state index contributed by atoms with van der Waals surface area (Å²) < 4.78 is 1.74. The van der Waals surface area contributed by atoms with E-state index in [0.717, 1.165) is 17.5 Å². The number of hydrogen-bond acceptors (Lipinski definition) is 4. The number of nitrogens with zero attached hydrogens (tertiary/aromatic N) is 4. The van der Waals surface area contributed by atoms with Crippen LogP contribution in [-0.2, 0) is 17.9 Å². The van der Waals surface area contributed by atoms with Crippen LogP contribution in [0, 0.1) is 0 Å². The van der Waals surface area contributed by atoms with Gasteiger partial charge in [0.25, 0.3) is 5.91 Å². The third-order valence-electron chi connectivity index (χ3n) is 3.86. The zero-order chi connectivity index (χ0) is 16.2. The smallest absolute Gasteiger partial charge is 0.325 e. The molecule has 1 saturated heterocycles. The molecule has 0 saturated carbocycles. The third-order valence-corrected chi connectivity index (χ3v) is 3.86. The Morgan fingerprint density at radius 3 is 2.43 bits per heavy atom. The Balaban J connectivity index is 1.64. The summed E-state index contributed by atoms with van der Waals surface area (Å²) in [4.78, 5) is 29.3. The number of carbonyl (C=O) groups excluding carboxylic acids is 2. The molecule has 120 valence electrons. The van der Waals surface area contributed by atoms with Crippen molar-refractivity contribution >= 4 is 11.9 Å². The summed E-state index contributed by atoms with van der Waals surface area (Å²) in [6.45, 7) is 2.94. The van der Waals surface area contributed by atoms with Crippen LogP contribution < -0.4 is 5.32 Å². The molecule has 1 aromatic heterocycles. The normalized spacial score (nSPS) is 17.6. The molecule has 3 rings (SSSR count). The minimum atomic E-state index is -0.376. The van der Waals surface area contributed by atoms with Gasteiger partial charge in [-0.2, -0.15) is 5.10 Å². The number of hydrogen-bond donors (Lipinski definition) is 1. The average Bonchev–Trinajstić information content (AvgIpc) is 3.14. The lowest BCUT2D eigenvalue weighted by Gasteiger charge is -2.13. The van der Waals surface area contributed by atoms with Gasteiger partial charge in [0.15, 0.2) is 0 Å². The van der Waals surface area contributed by atoms with Crippen molar-refractivity contribution in [3.63, 3.8) is 0 Å². The molecule has 3 amide bonds. The highest BCUT2D eigenvalue weighted by Crippen LogP contribution is 2.15. The molecule has 1 N–H and O–H groups in total. The Kier molecular flexibility index (Phi) is 4.36. The number of urea groups is 1. The van der Waals surface area contributed by atoms with E-state index in [1.54, 1.807) is 11.0 Å². The first-order chi connectivity index (χ1) is 11.2. The van der Waals surface area contributed by atoms with E-state index < -0.39 is 0 Å². The first-order valence-corrected chi connectivity index (χ1v) is 7.69. The summed E-state index contributed by atoms with van der Waals surface area (Å²) in [5.41, 5.74) is 2.01. The summed E-state index contributed by atoms with van der Waals surface area (Å²) in [5, 5.41) is 6.80. The summed E-state index contributed by atoms with van der Waals surface area (Å²) in [7, 11) is 0. The quantitative estimate of drug-likeness (QED) is 0.821.